The van der Waals surface area contributed by atoms with Crippen molar-refractivity contribution < 1.29 is 14.5 Å². The van der Waals surface area contributed by atoms with Crippen molar-refractivity contribution in [1.29, 1.82) is 0 Å². The van der Waals surface area contributed by atoms with Crippen molar-refractivity contribution in [2.45, 2.75) is 13.3 Å². The summed E-state index contributed by atoms with van der Waals surface area (Å²) >= 11 is 5.33. The molecule has 0 aliphatic heterocycles. The zero-order valence-corrected chi connectivity index (χ0v) is 9.36. The Kier molecular flexibility index (Phi) is 4.25. The average Bonchev–Trinajstić information content (AvgIpc) is 2.25. The minimum Gasteiger partial charge on any atom is -0.493 e. The minimum absolute atomic E-state index is 0.132. The first-order valence-corrected chi connectivity index (χ1v) is 5.05. The second-order valence-corrected chi connectivity index (χ2v) is 3.40. The van der Waals surface area contributed by atoms with Crippen LogP contribution in [0.15, 0.2) is 18.2 Å². The second kappa shape index (κ2) is 5.46. The summed E-state index contributed by atoms with van der Waals surface area (Å²) in [6, 6.07) is 3.71. The Hall–Kier alpha value is -1.62. The molecule has 0 heterocycles. The van der Waals surface area contributed by atoms with Crippen molar-refractivity contribution in [2.24, 2.45) is 0 Å². The number of nitro groups is 1. The van der Waals surface area contributed by atoms with E-state index in [0.717, 1.165) is 6.42 Å². The summed E-state index contributed by atoms with van der Waals surface area (Å²) in [5.74, 6) is 0.149. The Bertz CT molecular complexity index is 419. The van der Waals surface area contributed by atoms with Gasteiger partial charge < -0.3 is 4.74 Å². The number of nitrogens with zero attached hydrogens (tertiary/aromatic N) is 1. The van der Waals surface area contributed by atoms with E-state index in [9.17, 15) is 14.9 Å². The van der Waals surface area contributed by atoms with E-state index in [4.69, 9.17) is 16.3 Å². The monoisotopic (exact) mass is 243 g/mol. The lowest BCUT2D eigenvalue weighted by Crippen LogP contribution is -2.02. The molecule has 0 bridgehead atoms. The van der Waals surface area contributed by atoms with Gasteiger partial charge in [-0.25, -0.2) is 0 Å². The van der Waals surface area contributed by atoms with Crippen molar-refractivity contribution in [1.82, 2.24) is 0 Å². The molecule has 0 atom stereocenters. The van der Waals surface area contributed by atoms with Gasteiger partial charge >= 0.3 is 0 Å². The molecule has 0 spiro atoms. The van der Waals surface area contributed by atoms with Crippen molar-refractivity contribution in [3.8, 4) is 5.75 Å². The maximum atomic E-state index is 11.0. The molecule has 86 valence electrons. The maximum Gasteiger partial charge on any atom is 0.273 e. The van der Waals surface area contributed by atoms with E-state index in [0.29, 0.717) is 6.61 Å². The van der Waals surface area contributed by atoms with Crippen LogP contribution in [0, 0.1) is 10.1 Å². The van der Waals surface area contributed by atoms with Crippen molar-refractivity contribution >= 4 is 22.5 Å². The van der Waals surface area contributed by atoms with Gasteiger partial charge in [0.2, 0.25) is 0 Å². The quantitative estimate of drug-likeness (QED) is 0.453. The summed E-state index contributed by atoms with van der Waals surface area (Å²) in [5.41, 5.74) is 0.00786. The Labute approximate surface area is 97.1 Å². The zero-order valence-electron chi connectivity index (χ0n) is 8.60. The van der Waals surface area contributed by atoms with Gasteiger partial charge in [0, 0.05) is 6.07 Å². The summed E-state index contributed by atoms with van der Waals surface area (Å²) in [7, 11) is 0. The van der Waals surface area contributed by atoms with Crippen LogP contribution < -0.4 is 4.74 Å². The number of carbonyl (C=O) groups is 1. The first-order chi connectivity index (χ1) is 7.56. The zero-order chi connectivity index (χ0) is 12.1. The number of non-ortho nitro benzene ring substituents is 1. The highest BCUT2D eigenvalue weighted by molar-refractivity contribution is 6.68. The van der Waals surface area contributed by atoms with Crippen LogP contribution in [-0.2, 0) is 0 Å². The summed E-state index contributed by atoms with van der Waals surface area (Å²) in [6.07, 6.45) is 0.735. The number of ether oxygens (including phenoxy) is 1. The van der Waals surface area contributed by atoms with Crippen molar-refractivity contribution in [3.63, 3.8) is 0 Å². The van der Waals surface area contributed by atoms with Crippen molar-refractivity contribution in [2.75, 3.05) is 6.61 Å². The van der Waals surface area contributed by atoms with Gasteiger partial charge in [0.1, 0.15) is 5.75 Å². The Morgan fingerprint density at radius 2 is 2.25 bits per heavy atom. The molecule has 0 N–H and O–H groups in total. The Morgan fingerprint density at radius 1 is 1.56 bits per heavy atom. The van der Waals surface area contributed by atoms with Gasteiger partial charge in [-0.2, -0.15) is 0 Å². The molecule has 1 rings (SSSR count). The fourth-order valence-corrected chi connectivity index (χ4v) is 1.27. The Balaban J connectivity index is 3.10. The molecule has 6 heteroatoms. The molecule has 0 amide bonds. The van der Waals surface area contributed by atoms with Crippen LogP contribution >= 0.6 is 11.6 Å². The molecule has 16 heavy (non-hydrogen) atoms. The standard InChI is InChI=1S/C10H10ClNO4/c1-2-5-16-9-6-7(12(14)15)3-4-8(9)10(11)13/h3-4,6H,2,5H2,1H3. The molecule has 0 fully saturated rings. The molecular weight excluding hydrogens is 234 g/mol. The molecule has 1 aromatic rings. The first-order valence-electron chi connectivity index (χ1n) is 4.67. The Morgan fingerprint density at radius 3 is 2.75 bits per heavy atom. The predicted molar refractivity (Wildman–Crippen MR) is 59.1 cm³/mol. The number of nitro benzene ring substituents is 1. The molecule has 0 aliphatic carbocycles. The predicted octanol–water partition coefficient (Wildman–Crippen LogP) is 2.76. The van der Waals surface area contributed by atoms with Gasteiger partial charge in [-0.15, -0.1) is 0 Å². The van der Waals surface area contributed by atoms with Gasteiger partial charge in [0.15, 0.2) is 0 Å². The van der Waals surface area contributed by atoms with Crippen molar-refractivity contribution in [3.05, 3.63) is 33.9 Å². The molecule has 0 aromatic heterocycles. The SMILES string of the molecule is CCCOc1cc([N+](=O)[O-])ccc1C(=O)Cl. The van der Waals surface area contributed by atoms with E-state index in [1.165, 1.54) is 18.2 Å². The number of halogens is 1. The minimum atomic E-state index is -0.694. The van der Waals surface area contributed by atoms with Crippen LogP contribution in [0.4, 0.5) is 5.69 Å². The molecule has 0 saturated heterocycles. The van der Waals surface area contributed by atoms with Gasteiger partial charge in [-0.1, -0.05) is 6.92 Å². The van der Waals surface area contributed by atoms with E-state index in [1.807, 2.05) is 6.92 Å². The van der Waals surface area contributed by atoms with Crippen LogP contribution in [0.25, 0.3) is 0 Å². The maximum absolute atomic E-state index is 11.0. The van der Waals surface area contributed by atoms with Gasteiger partial charge in [-0.05, 0) is 24.1 Å². The highest BCUT2D eigenvalue weighted by Gasteiger charge is 2.15. The van der Waals surface area contributed by atoms with E-state index < -0.39 is 10.2 Å². The first kappa shape index (κ1) is 12.4. The lowest BCUT2D eigenvalue weighted by atomic mass is 10.2. The van der Waals surface area contributed by atoms with Gasteiger partial charge in [0.05, 0.1) is 23.2 Å². The number of carbonyl (C=O) groups excluding carboxylic acids is 1. The topological polar surface area (TPSA) is 69.4 Å². The largest absolute Gasteiger partial charge is 0.493 e. The fourth-order valence-electron chi connectivity index (χ4n) is 1.12. The summed E-state index contributed by atoms with van der Waals surface area (Å²) < 4.78 is 5.23. The third-order valence-electron chi connectivity index (χ3n) is 1.85. The number of rotatable bonds is 5. The normalized spacial score (nSPS) is 9.88. The van der Waals surface area contributed by atoms with Crippen LogP contribution in [0.1, 0.15) is 23.7 Å². The average molecular weight is 244 g/mol. The van der Waals surface area contributed by atoms with Crippen LogP contribution in [0.5, 0.6) is 5.75 Å². The molecule has 0 aliphatic rings. The highest BCUT2D eigenvalue weighted by Crippen LogP contribution is 2.26. The van der Waals surface area contributed by atoms with E-state index in [-0.39, 0.29) is 17.0 Å². The number of hydrogen-bond acceptors (Lipinski definition) is 4. The third-order valence-corrected chi connectivity index (χ3v) is 2.05. The van der Waals surface area contributed by atoms with Crippen LogP contribution in [-0.4, -0.2) is 16.8 Å². The second-order valence-electron chi connectivity index (χ2n) is 3.06. The number of hydrogen-bond donors (Lipinski definition) is 0. The molecule has 5 nitrogen and oxygen atoms in total. The van der Waals surface area contributed by atoms with Gasteiger partial charge in [-0.3, -0.25) is 14.9 Å². The highest BCUT2D eigenvalue weighted by atomic mass is 35.5. The third kappa shape index (κ3) is 2.93. The molecule has 0 unspecified atom stereocenters. The summed E-state index contributed by atoms with van der Waals surface area (Å²) in [5, 5.41) is 9.85. The molecule has 1 aromatic carbocycles. The summed E-state index contributed by atoms with van der Waals surface area (Å²) in [6.45, 7) is 2.26. The lowest BCUT2D eigenvalue weighted by Gasteiger charge is -2.07. The summed E-state index contributed by atoms with van der Waals surface area (Å²) in [4.78, 5) is 21.0. The fraction of sp³-hybridized carbons (Fsp3) is 0.300. The smallest absolute Gasteiger partial charge is 0.273 e. The lowest BCUT2D eigenvalue weighted by molar-refractivity contribution is -0.384. The van der Waals surface area contributed by atoms with E-state index >= 15 is 0 Å². The van der Waals surface area contributed by atoms with Crippen LogP contribution in [0.3, 0.4) is 0 Å². The number of benzene rings is 1. The van der Waals surface area contributed by atoms with E-state index in [1.54, 1.807) is 0 Å². The van der Waals surface area contributed by atoms with Gasteiger partial charge in [0.25, 0.3) is 10.9 Å². The molecular formula is C10H10ClNO4. The molecule has 0 saturated carbocycles. The van der Waals surface area contributed by atoms with Crippen LogP contribution in [0.2, 0.25) is 0 Å². The molecule has 0 radical (unpaired) electrons. The van der Waals surface area contributed by atoms with E-state index in [2.05, 4.69) is 0 Å².